The molecule has 0 bridgehead atoms. The van der Waals surface area contributed by atoms with Crippen LogP contribution in [0, 0.1) is 0 Å². The van der Waals surface area contributed by atoms with Gasteiger partial charge in [-0.25, -0.2) is 0 Å². The smallest absolute Gasteiger partial charge is 0.320 e. The Morgan fingerprint density at radius 3 is 2.60 bits per heavy atom. The minimum absolute atomic E-state index is 0.228. The molecule has 0 radical (unpaired) electrons. The lowest BCUT2D eigenvalue weighted by Crippen LogP contribution is -2.32. The highest BCUT2D eigenvalue weighted by molar-refractivity contribution is 7.81. The lowest BCUT2D eigenvalue weighted by Gasteiger charge is -2.13. The van der Waals surface area contributed by atoms with Crippen molar-refractivity contribution in [1.82, 2.24) is 4.90 Å². The number of likely N-dealkylation sites (N-methyl/N-ethyl adjacent to an activating group) is 1. The summed E-state index contributed by atoms with van der Waals surface area (Å²) < 4.78 is 0. The molecule has 0 aromatic heterocycles. The van der Waals surface area contributed by atoms with Crippen molar-refractivity contribution in [2.45, 2.75) is 17.7 Å². The second-order valence-corrected chi connectivity index (χ2v) is 3.41. The number of thiol groups is 1. The maximum Gasteiger partial charge on any atom is 0.320 e. The molecule has 1 heterocycles. The van der Waals surface area contributed by atoms with E-state index in [0.29, 0.717) is 6.42 Å². The fourth-order valence-electron chi connectivity index (χ4n) is 1.26. The topological polar surface area (TPSA) is 40.5 Å². The zero-order valence-electron chi connectivity index (χ0n) is 5.82. The second kappa shape index (κ2) is 2.80. The first-order valence-electron chi connectivity index (χ1n) is 3.22. The largest absolute Gasteiger partial charge is 0.480 e. The summed E-state index contributed by atoms with van der Waals surface area (Å²) in [6, 6.07) is -0.317. The van der Waals surface area contributed by atoms with Crippen molar-refractivity contribution < 1.29 is 9.90 Å². The predicted octanol–water partition coefficient (Wildman–Crippen LogP) is 0.0735. The van der Waals surface area contributed by atoms with Crippen molar-refractivity contribution in [1.29, 1.82) is 0 Å². The Hall–Kier alpha value is -0.220. The van der Waals surface area contributed by atoms with E-state index in [4.69, 9.17) is 5.11 Å². The molecule has 1 fully saturated rings. The van der Waals surface area contributed by atoms with E-state index in [9.17, 15) is 4.79 Å². The van der Waals surface area contributed by atoms with Gasteiger partial charge in [0, 0.05) is 11.8 Å². The molecule has 1 aliphatic rings. The van der Waals surface area contributed by atoms with E-state index in [1.165, 1.54) is 0 Å². The summed E-state index contributed by atoms with van der Waals surface area (Å²) in [5.41, 5.74) is 0. The van der Waals surface area contributed by atoms with Crippen molar-refractivity contribution >= 4 is 18.6 Å². The van der Waals surface area contributed by atoms with Crippen molar-refractivity contribution in [3.8, 4) is 0 Å². The van der Waals surface area contributed by atoms with Gasteiger partial charge >= 0.3 is 5.97 Å². The maximum absolute atomic E-state index is 10.5. The zero-order valence-corrected chi connectivity index (χ0v) is 6.71. The zero-order chi connectivity index (χ0) is 7.72. The quantitative estimate of drug-likeness (QED) is 0.535. The van der Waals surface area contributed by atoms with E-state index in [1.807, 2.05) is 11.9 Å². The minimum Gasteiger partial charge on any atom is -0.480 e. The van der Waals surface area contributed by atoms with E-state index in [0.717, 1.165) is 6.54 Å². The molecule has 0 aromatic rings. The first-order valence-corrected chi connectivity index (χ1v) is 3.74. The van der Waals surface area contributed by atoms with E-state index >= 15 is 0 Å². The molecule has 3 nitrogen and oxygen atoms in total. The van der Waals surface area contributed by atoms with Gasteiger partial charge in [0.05, 0.1) is 0 Å². The van der Waals surface area contributed by atoms with Gasteiger partial charge < -0.3 is 5.11 Å². The lowest BCUT2D eigenvalue weighted by molar-refractivity contribution is -0.141. The lowest BCUT2D eigenvalue weighted by atomic mass is 10.2. The van der Waals surface area contributed by atoms with Crippen LogP contribution < -0.4 is 0 Å². The molecule has 1 N–H and O–H groups in total. The third-order valence-electron chi connectivity index (χ3n) is 1.81. The van der Waals surface area contributed by atoms with Gasteiger partial charge in [-0.05, 0) is 13.5 Å². The summed E-state index contributed by atoms with van der Waals surface area (Å²) in [6.45, 7) is 0.778. The molecule has 58 valence electrons. The molecule has 10 heavy (non-hydrogen) atoms. The van der Waals surface area contributed by atoms with Gasteiger partial charge in [0.25, 0.3) is 0 Å². The summed E-state index contributed by atoms with van der Waals surface area (Å²) in [5.74, 6) is -0.737. The third-order valence-corrected chi connectivity index (χ3v) is 2.19. The van der Waals surface area contributed by atoms with Gasteiger partial charge in [-0.15, -0.1) is 0 Å². The summed E-state index contributed by atoms with van der Waals surface area (Å²) in [5, 5.41) is 8.85. The average Bonchev–Trinajstić information content (AvgIpc) is 2.10. The van der Waals surface area contributed by atoms with Gasteiger partial charge in [-0.3, -0.25) is 9.69 Å². The SMILES string of the molecule is CN1C[C@H](S)C[C@H]1C(=O)O. The van der Waals surface area contributed by atoms with Crippen LogP contribution in [0.4, 0.5) is 0 Å². The summed E-state index contributed by atoms with van der Waals surface area (Å²) in [4.78, 5) is 12.3. The number of nitrogens with zero attached hydrogens (tertiary/aromatic N) is 1. The molecular formula is C6H11NO2S. The highest BCUT2D eigenvalue weighted by atomic mass is 32.1. The van der Waals surface area contributed by atoms with E-state index in [2.05, 4.69) is 12.6 Å². The van der Waals surface area contributed by atoms with Gasteiger partial charge in [-0.2, -0.15) is 12.6 Å². The van der Waals surface area contributed by atoms with E-state index in [-0.39, 0.29) is 11.3 Å². The summed E-state index contributed by atoms with van der Waals surface area (Å²) in [7, 11) is 1.81. The highest BCUT2D eigenvalue weighted by Crippen LogP contribution is 2.19. The van der Waals surface area contributed by atoms with Gasteiger partial charge in [0.1, 0.15) is 6.04 Å². The van der Waals surface area contributed by atoms with E-state index < -0.39 is 5.97 Å². The van der Waals surface area contributed by atoms with Crippen molar-refractivity contribution in [3.63, 3.8) is 0 Å². The van der Waals surface area contributed by atoms with Gasteiger partial charge in [0.15, 0.2) is 0 Å². The second-order valence-electron chi connectivity index (χ2n) is 2.68. The summed E-state index contributed by atoms with van der Waals surface area (Å²) >= 11 is 4.20. The molecule has 0 unspecified atom stereocenters. The summed E-state index contributed by atoms with van der Waals surface area (Å²) in [6.07, 6.45) is 0.662. The number of hydrogen-bond donors (Lipinski definition) is 2. The van der Waals surface area contributed by atoms with Gasteiger partial charge in [-0.1, -0.05) is 0 Å². The standard InChI is InChI=1S/C6H11NO2S/c1-7-3-4(10)2-5(7)6(8)9/h4-5,10H,2-3H2,1H3,(H,8,9)/t4-,5+/m1/s1. The first-order chi connectivity index (χ1) is 4.61. The van der Waals surface area contributed by atoms with Gasteiger partial charge in [0.2, 0.25) is 0 Å². The van der Waals surface area contributed by atoms with Crippen molar-refractivity contribution in [2.24, 2.45) is 0 Å². The Kier molecular flexibility index (Phi) is 2.21. The van der Waals surface area contributed by atoms with Crippen LogP contribution in [0.3, 0.4) is 0 Å². The van der Waals surface area contributed by atoms with Crippen LogP contribution in [0.15, 0.2) is 0 Å². The van der Waals surface area contributed by atoms with Crippen LogP contribution >= 0.6 is 12.6 Å². The van der Waals surface area contributed by atoms with Crippen LogP contribution in [0.5, 0.6) is 0 Å². The van der Waals surface area contributed by atoms with Crippen LogP contribution in [-0.4, -0.2) is 40.9 Å². The molecular weight excluding hydrogens is 150 g/mol. The van der Waals surface area contributed by atoms with E-state index in [1.54, 1.807) is 0 Å². The molecule has 4 heteroatoms. The number of carboxylic acid groups (broad SMARTS) is 1. The Labute approximate surface area is 65.4 Å². The number of aliphatic carboxylic acids is 1. The normalized spacial score (nSPS) is 34.6. The van der Waals surface area contributed by atoms with Crippen molar-refractivity contribution in [3.05, 3.63) is 0 Å². The number of hydrogen-bond acceptors (Lipinski definition) is 3. The number of likely N-dealkylation sites (tertiary alicyclic amines) is 1. The maximum atomic E-state index is 10.5. The van der Waals surface area contributed by atoms with Crippen LogP contribution in [-0.2, 0) is 4.79 Å². The Bertz CT molecular complexity index is 151. The number of carboxylic acids is 1. The Morgan fingerprint density at radius 2 is 2.40 bits per heavy atom. The fourth-order valence-corrected chi connectivity index (χ4v) is 1.72. The molecule has 0 aromatic carbocycles. The molecule has 0 amide bonds. The molecule has 0 spiro atoms. The Morgan fingerprint density at radius 1 is 1.80 bits per heavy atom. The van der Waals surface area contributed by atoms with Crippen LogP contribution in [0.2, 0.25) is 0 Å². The highest BCUT2D eigenvalue weighted by Gasteiger charge is 2.32. The molecule has 0 saturated carbocycles. The van der Waals surface area contributed by atoms with Crippen molar-refractivity contribution in [2.75, 3.05) is 13.6 Å². The number of rotatable bonds is 1. The molecule has 2 atom stereocenters. The molecule has 1 rings (SSSR count). The minimum atomic E-state index is -0.737. The first kappa shape index (κ1) is 7.88. The molecule has 1 saturated heterocycles. The molecule has 0 aliphatic carbocycles. The predicted molar refractivity (Wildman–Crippen MR) is 41.4 cm³/mol. The fraction of sp³-hybridized carbons (Fsp3) is 0.833. The number of carbonyl (C=O) groups is 1. The monoisotopic (exact) mass is 161 g/mol. The Balaban J connectivity index is 2.54. The third kappa shape index (κ3) is 1.44. The average molecular weight is 161 g/mol. The van der Waals surface area contributed by atoms with Crippen LogP contribution in [0.1, 0.15) is 6.42 Å². The molecule has 1 aliphatic heterocycles. The van der Waals surface area contributed by atoms with Crippen LogP contribution in [0.25, 0.3) is 0 Å².